The summed E-state index contributed by atoms with van der Waals surface area (Å²) >= 11 is 4.66. The summed E-state index contributed by atoms with van der Waals surface area (Å²) in [6.07, 6.45) is 1.57. The number of hydrogen-bond donors (Lipinski definition) is 2. The summed E-state index contributed by atoms with van der Waals surface area (Å²) < 4.78 is 6.11. The smallest absolute Gasteiger partial charge is 0.260 e. The van der Waals surface area contributed by atoms with E-state index in [1.807, 2.05) is 19.1 Å². The van der Waals surface area contributed by atoms with Crippen LogP contribution < -0.4 is 5.73 Å². The minimum atomic E-state index is 0.0436. The van der Waals surface area contributed by atoms with E-state index in [0.29, 0.717) is 10.8 Å². The van der Waals surface area contributed by atoms with Crippen molar-refractivity contribution in [1.82, 2.24) is 4.98 Å². The monoisotopic (exact) mass is 327 g/mol. The van der Waals surface area contributed by atoms with Crippen LogP contribution in [0.15, 0.2) is 48.6 Å². The van der Waals surface area contributed by atoms with Crippen molar-refractivity contribution in [3.8, 4) is 0 Å². The van der Waals surface area contributed by atoms with E-state index in [9.17, 15) is 0 Å². The van der Waals surface area contributed by atoms with Gasteiger partial charge in [0, 0.05) is 14.9 Å². The number of hydrogen-bond acceptors (Lipinski definition) is 5. The second-order valence-corrected chi connectivity index (χ2v) is 5.39. The maximum Gasteiger partial charge on any atom is 0.260 e. The van der Waals surface area contributed by atoms with Gasteiger partial charge in [-0.1, -0.05) is 21.1 Å². The molecular weight excluding hydrogens is 318 g/mol. The SMILES string of the molecule is Cc1coc(Sc2ccc(Br)cc2/C(N)=N/O)n1. The van der Waals surface area contributed by atoms with Crippen molar-refractivity contribution in [2.24, 2.45) is 10.9 Å². The van der Waals surface area contributed by atoms with E-state index in [1.54, 1.807) is 12.3 Å². The first-order valence-corrected chi connectivity index (χ1v) is 6.58. The Bertz CT molecular complexity index is 598. The molecule has 0 aliphatic heterocycles. The van der Waals surface area contributed by atoms with Gasteiger partial charge < -0.3 is 15.4 Å². The van der Waals surface area contributed by atoms with Crippen molar-refractivity contribution in [3.63, 3.8) is 0 Å². The Balaban J connectivity index is 2.38. The second-order valence-electron chi connectivity index (χ2n) is 3.48. The minimum Gasteiger partial charge on any atom is -0.439 e. The van der Waals surface area contributed by atoms with Crippen molar-refractivity contribution in [1.29, 1.82) is 0 Å². The normalized spacial score (nSPS) is 11.8. The van der Waals surface area contributed by atoms with Crippen LogP contribution in [0.2, 0.25) is 0 Å². The lowest BCUT2D eigenvalue weighted by atomic mass is 10.2. The van der Waals surface area contributed by atoms with Gasteiger partial charge in [0.25, 0.3) is 5.22 Å². The first-order chi connectivity index (χ1) is 8.60. The number of amidine groups is 1. The number of oxazole rings is 1. The molecule has 0 spiro atoms. The molecule has 5 nitrogen and oxygen atoms in total. The first kappa shape index (κ1) is 13.0. The van der Waals surface area contributed by atoms with Crippen molar-refractivity contribution in [2.45, 2.75) is 17.0 Å². The van der Waals surface area contributed by atoms with E-state index in [2.05, 4.69) is 26.1 Å². The maximum absolute atomic E-state index is 8.77. The Labute approximate surface area is 116 Å². The fraction of sp³-hybridized carbons (Fsp3) is 0.0909. The molecule has 1 aromatic carbocycles. The molecular formula is C11H10BrN3O2S. The number of nitrogens with two attached hydrogens (primary N) is 1. The van der Waals surface area contributed by atoms with Gasteiger partial charge in [-0.15, -0.1) is 0 Å². The lowest BCUT2D eigenvalue weighted by Gasteiger charge is -2.06. The quantitative estimate of drug-likeness (QED) is 0.392. The molecule has 7 heteroatoms. The Kier molecular flexibility index (Phi) is 3.93. The highest BCUT2D eigenvalue weighted by Gasteiger charge is 2.12. The van der Waals surface area contributed by atoms with Crippen LogP contribution in [0.3, 0.4) is 0 Å². The van der Waals surface area contributed by atoms with E-state index >= 15 is 0 Å². The van der Waals surface area contributed by atoms with E-state index in [-0.39, 0.29) is 5.84 Å². The Morgan fingerprint density at radius 1 is 1.56 bits per heavy atom. The average Bonchev–Trinajstić information content (AvgIpc) is 2.76. The number of aromatic nitrogens is 1. The molecule has 94 valence electrons. The summed E-state index contributed by atoms with van der Waals surface area (Å²) in [7, 11) is 0. The van der Waals surface area contributed by atoms with E-state index in [1.165, 1.54) is 11.8 Å². The van der Waals surface area contributed by atoms with E-state index in [4.69, 9.17) is 15.4 Å². The van der Waals surface area contributed by atoms with E-state index in [0.717, 1.165) is 15.1 Å². The molecule has 0 fully saturated rings. The highest BCUT2D eigenvalue weighted by molar-refractivity contribution is 9.10. The molecule has 1 heterocycles. The predicted molar refractivity (Wildman–Crippen MR) is 72.0 cm³/mol. The van der Waals surface area contributed by atoms with Crippen LogP contribution in [0, 0.1) is 6.92 Å². The summed E-state index contributed by atoms with van der Waals surface area (Å²) in [4.78, 5) is 5.00. The van der Waals surface area contributed by atoms with Crippen LogP contribution in [0.25, 0.3) is 0 Å². The molecule has 0 saturated carbocycles. The van der Waals surface area contributed by atoms with Gasteiger partial charge in [0.15, 0.2) is 5.84 Å². The van der Waals surface area contributed by atoms with Crippen molar-refractivity contribution in [2.75, 3.05) is 0 Å². The summed E-state index contributed by atoms with van der Waals surface area (Å²) in [5, 5.41) is 12.3. The molecule has 2 aromatic rings. The zero-order valence-corrected chi connectivity index (χ0v) is 11.8. The zero-order chi connectivity index (χ0) is 13.1. The van der Waals surface area contributed by atoms with Gasteiger partial charge >= 0.3 is 0 Å². The Morgan fingerprint density at radius 2 is 2.33 bits per heavy atom. The van der Waals surface area contributed by atoms with Crippen LogP contribution in [0.1, 0.15) is 11.3 Å². The first-order valence-electron chi connectivity index (χ1n) is 4.97. The topological polar surface area (TPSA) is 84.6 Å². The van der Waals surface area contributed by atoms with Crippen LogP contribution in [-0.2, 0) is 0 Å². The molecule has 2 rings (SSSR count). The van der Waals surface area contributed by atoms with Crippen LogP contribution in [0.4, 0.5) is 0 Å². The summed E-state index contributed by atoms with van der Waals surface area (Å²) in [6, 6.07) is 5.49. The van der Waals surface area contributed by atoms with Crippen LogP contribution >= 0.6 is 27.7 Å². The van der Waals surface area contributed by atoms with E-state index < -0.39 is 0 Å². The molecule has 0 atom stereocenters. The number of nitrogens with zero attached hydrogens (tertiary/aromatic N) is 2. The summed E-state index contributed by atoms with van der Waals surface area (Å²) in [5.74, 6) is 0.0436. The third kappa shape index (κ3) is 2.85. The van der Waals surface area contributed by atoms with Crippen LogP contribution in [-0.4, -0.2) is 16.0 Å². The number of rotatable bonds is 3. The lowest BCUT2D eigenvalue weighted by Crippen LogP contribution is -2.14. The largest absolute Gasteiger partial charge is 0.439 e. The molecule has 0 saturated heterocycles. The average molecular weight is 328 g/mol. The maximum atomic E-state index is 8.77. The van der Waals surface area contributed by atoms with Crippen molar-refractivity contribution < 1.29 is 9.62 Å². The predicted octanol–water partition coefficient (Wildman–Crippen LogP) is 2.99. The number of benzene rings is 1. The third-order valence-corrected chi connectivity index (χ3v) is 3.55. The van der Waals surface area contributed by atoms with Gasteiger partial charge in [-0.3, -0.25) is 0 Å². The van der Waals surface area contributed by atoms with Crippen LogP contribution in [0.5, 0.6) is 0 Å². The van der Waals surface area contributed by atoms with Crippen molar-refractivity contribution in [3.05, 3.63) is 40.2 Å². The molecule has 0 aliphatic rings. The number of oxime groups is 1. The fourth-order valence-corrected chi connectivity index (χ4v) is 2.56. The fourth-order valence-electron chi connectivity index (χ4n) is 1.32. The number of halogens is 1. The number of aryl methyl sites for hydroxylation is 1. The van der Waals surface area contributed by atoms with Gasteiger partial charge in [0.2, 0.25) is 0 Å². The van der Waals surface area contributed by atoms with Gasteiger partial charge in [0.1, 0.15) is 6.26 Å². The standard InChI is InChI=1S/C11H10BrN3O2S/c1-6-5-17-11(14-6)18-9-3-2-7(12)4-8(9)10(13)15-16/h2-5,16H,1H3,(H2,13,15). The molecule has 18 heavy (non-hydrogen) atoms. The molecule has 0 amide bonds. The van der Waals surface area contributed by atoms with Crippen molar-refractivity contribution >= 4 is 33.5 Å². The molecule has 0 radical (unpaired) electrons. The van der Waals surface area contributed by atoms with Gasteiger partial charge in [0.05, 0.1) is 5.69 Å². The highest BCUT2D eigenvalue weighted by Crippen LogP contribution is 2.31. The summed E-state index contributed by atoms with van der Waals surface area (Å²) in [6.45, 7) is 1.85. The Hall–Kier alpha value is -1.47. The van der Waals surface area contributed by atoms with Gasteiger partial charge in [-0.05, 0) is 36.9 Å². The molecule has 0 bridgehead atoms. The van der Waals surface area contributed by atoms with Gasteiger partial charge in [-0.2, -0.15) is 0 Å². The second kappa shape index (κ2) is 5.45. The Morgan fingerprint density at radius 3 is 2.94 bits per heavy atom. The third-order valence-electron chi connectivity index (χ3n) is 2.12. The highest BCUT2D eigenvalue weighted by atomic mass is 79.9. The summed E-state index contributed by atoms with van der Waals surface area (Å²) in [5.41, 5.74) is 7.06. The molecule has 3 N–H and O–H groups in total. The minimum absolute atomic E-state index is 0.0436. The zero-order valence-electron chi connectivity index (χ0n) is 9.42. The molecule has 0 aliphatic carbocycles. The molecule has 1 aromatic heterocycles. The lowest BCUT2D eigenvalue weighted by molar-refractivity contribution is 0.318. The van der Waals surface area contributed by atoms with Gasteiger partial charge in [-0.25, -0.2) is 4.98 Å². The molecule has 0 unspecified atom stereocenters.